The SMILES string of the molecule is O=C(NCc1ccncc1)c1ccnc(NC2CCS(=O)(=O)C2)n1. The molecule has 0 bridgehead atoms. The second-order valence-electron chi connectivity index (χ2n) is 5.55. The number of nitrogens with zero attached hydrogens (tertiary/aromatic N) is 3. The molecule has 0 radical (unpaired) electrons. The first-order chi connectivity index (χ1) is 11.5. The van der Waals surface area contributed by atoms with Crippen molar-refractivity contribution in [2.45, 2.75) is 19.0 Å². The van der Waals surface area contributed by atoms with Crippen molar-refractivity contribution < 1.29 is 13.2 Å². The predicted molar refractivity (Wildman–Crippen MR) is 88.1 cm³/mol. The van der Waals surface area contributed by atoms with E-state index in [0.717, 1.165) is 5.56 Å². The molecule has 0 spiro atoms. The number of carbonyl (C=O) groups is 1. The van der Waals surface area contributed by atoms with Crippen LogP contribution in [0.4, 0.5) is 5.95 Å². The number of rotatable bonds is 5. The summed E-state index contributed by atoms with van der Waals surface area (Å²) < 4.78 is 23.0. The molecular weight excluding hydrogens is 330 g/mol. The molecule has 0 aromatic carbocycles. The summed E-state index contributed by atoms with van der Waals surface area (Å²) in [5.41, 5.74) is 1.16. The first-order valence-corrected chi connectivity index (χ1v) is 9.31. The number of amides is 1. The van der Waals surface area contributed by atoms with Gasteiger partial charge < -0.3 is 10.6 Å². The van der Waals surface area contributed by atoms with E-state index >= 15 is 0 Å². The monoisotopic (exact) mass is 347 g/mol. The molecule has 0 saturated carbocycles. The van der Waals surface area contributed by atoms with Crippen LogP contribution in [0.5, 0.6) is 0 Å². The van der Waals surface area contributed by atoms with Gasteiger partial charge in [0.2, 0.25) is 5.95 Å². The molecule has 2 aromatic rings. The van der Waals surface area contributed by atoms with Gasteiger partial charge in [-0.25, -0.2) is 18.4 Å². The Kier molecular flexibility index (Phi) is 4.70. The minimum atomic E-state index is -2.98. The van der Waals surface area contributed by atoms with Gasteiger partial charge in [0.15, 0.2) is 9.84 Å². The lowest BCUT2D eigenvalue weighted by atomic mass is 10.2. The highest BCUT2D eigenvalue weighted by molar-refractivity contribution is 7.91. The predicted octanol–water partition coefficient (Wildman–Crippen LogP) is 0.401. The van der Waals surface area contributed by atoms with Crippen LogP contribution < -0.4 is 10.6 Å². The van der Waals surface area contributed by atoms with Gasteiger partial charge in [0.25, 0.3) is 5.91 Å². The van der Waals surface area contributed by atoms with Crippen LogP contribution in [0, 0.1) is 0 Å². The Hall–Kier alpha value is -2.55. The molecule has 3 heterocycles. The van der Waals surface area contributed by atoms with Gasteiger partial charge in [0, 0.05) is 31.2 Å². The van der Waals surface area contributed by atoms with Gasteiger partial charge in [-0.3, -0.25) is 9.78 Å². The largest absolute Gasteiger partial charge is 0.350 e. The molecule has 126 valence electrons. The number of aromatic nitrogens is 3. The van der Waals surface area contributed by atoms with Crippen molar-refractivity contribution in [3.8, 4) is 0 Å². The van der Waals surface area contributed by atoms with Crippen LogP contribution in [0.25, 0.3) is 0 Å². The second kappa shape index (κ2) is 6.91. The zero-order chi connectivity index (χ0) is 17.0. The van der Waals surface area contributed by atoms with Gasteiger partial charge >= 0.3 is 0 Å². The van der Waals surface area contributed by atoms with E-state index in [1.807, 2.05) is 12.1 Å². The lowest BCUT2D eigenvalue weighted by Gasteiger charge is -2.11. The van der Waals surface area contributed by atoms with E-state index in [2.05, 4.69) is 25.6 Å². The minimum Gasteiger partial charge on any atom is -0.350 e. The number of carbonyl (C=O) groups excluding carboxylic acids is 1. The molecule has 1 aliphatic rings. The summed E-state index contributed by atoms with van der Waals surface area (Å²) in [7, 11) is -2.98. The van der Waals surface area contributed by atoms with Crippen LogP contribution >= 0.6 is 0 Å². The number of anilines is 1. The number of nitrogens with one attached hydrogen (secondary N) is 2. The normalized spacial score (nSPS) is 18.9. The topological polar surface area (TPSA) is 114 Å². The van der Waals surface area contributed by atoms with Crippen LogP contribution in [-0.4, -0.2) is 46.8 Å². The average molecular weight is 347 g/mol. The van der Waals surface area contributed by atoms with Gasteiger partial charge in [0.1, 0.15) is 5.69 Å². The Bertz CT molecular complexity index is 826. The third-order valence-electron chi connectivity index (χ3n) is 3.66. The summed E-state index contributed by atoms with van der Waals surface area (Å²) in [4.78, 5) is 24.3. The third-order valence-corrected chi connectivity index (χ3v) is 5.42. The Morgan fingerprint density at radius 1 is 1.21 bits per heavy atom. The van der Waals surface area contributed by atoms with Gasteiger partial charge in [-0.1, -0.05) is 0 Å². The first-order valence-electron chi connectivity index (χ1n) is 7.49. The second-order valence-corrected chi connectivity index (χ2v) is 7.78. The maximum Gasteiger partial charge on any atom is 0.270 e. The van der Waals surface area contributed by atoms with Crippen LogP contribution in [-0.2, 0) is 16.4 Å². The standard InChI is InChI=1S/C15H17N5O3S/c21-14(18-9-11-1-5-16-6-2-11)13-3-7-17-15(20-13)19-12-4-8-24(22,23)10-12/h1-3,5-7,12H,4,8-10H2,(H,18,21)(H,17,19,20). The van der Waals surface area contributed by atoms with Crippen molar-refractivity contribution in [1.29, 1.82) is 0 Å². The zero-order valence-corrected chi connectivity index (χ0v) is 13.7. The summed E-state index contributed by atoms with van der Waals surface area (Å²) >= 11 is 0. The van der Waals surface area contributed by atoms with E-state index in [4.69, 9.17) is 0 Å². The van der Waals surface area contributed by atoms with Crippen LogP contribution in [0.2, 0.25) is 0 Å². The molecule has 1 atom stereocenters. The highest BCUT2D eigenvalue weighted by atomic mass is 32.2. The molecule has 1 amide bonds. The molecule has 1 unspecified atom stereocenters. The van der Waals surface area contributed by atoms with Gasteiger partial charge in [-0.15, -0.1) is 0 Å². The molecule has 9 heteroatoms. The van der Waals surface area contributed by atoms with Crippen molar-refractivity contribution in [3.63, 3.8) is 0 Å². The average Bonchev–Trinajstić information content (AvgIpc) is 2.92. The molecule has 1 aliphatic heterocycles. The Labute approximate surface area is 139 Å². The fraction of sp³-hybridized carbons (Fsp3) is 0.333. The highest BCUT2D eigenvalue weighted by Crippen LogP contribution is 2.15. The van der Waals surface area contributed by atoms with Gasteiger partial charge in [-0.2, -0.15) is 0 Å². The summed E-state index contributed by atoms with van der Waals surface area (Å²) in [5.74, 6) is 0.163. The fourth-order valence-corrected chi connectivity index (χ4v) is 4.09. The van der Waals surface area contributed by atoms with Crippen molar-refractivity contribution >= 4 is 21.7 Å². The maximum atomic E-state index is 12.2. The Morgan fingerprint density at radius 3 is 2.71 bits per heavy atom. The zero-order valence-electron chi connectivity index (χ0n) is 12.8. The Morgan fingerprint density at radius 2 is 2.00 bits per heavy atom. The highest BCUT2D eigenvalue weighted by Gasteiger charge is 2.28. The summed E-state index contributed by atoms with van der Waals surface area (Å²) in [6, 6.07) is 4.92. The molecule has 3 rings (SSSR count). The number of hydrogen-bond acceptors (Lipinski definition) is 7. The lowest BCUT2D eigenvalue weighted by molar-refractivity contribution is 0.0946. The fourth-order valence-electron chi connectivity index (χ4n) is 2.42. The van der Waals surface area contributed by atoms with Crippen molar-refractivity contribution in [1.82, 2.24) is 20.3 Å². The van der Waals surface area contributed by atoms with Gasteiger partial charge in [-0.05, 0) is 30.2 Å². The summed E-state index contributed by atoms with van der Waals surface area (Å²) in [6.07, 6.45) is 5.30. The van der Waals surface area contributed by atoms with Crippen LogP contribution in [0.3, 0.4) is 0 Å². The van der Waals surface area contributed by atoms with E-state index in [1.165, 1.54) is 12.3 Å². The number of hydrogen-bond donors (Lipinski definition) is 2. The number of sulfone groups is 1. The number of pyridine rings is 1. The summed E-state index contributed by atoms with van der Waals surface area (Å²) in [6.45, 7) is 0.370. The molecule has 1 saturated heterocycles. The van der Waals surface area contributed by atoms with Crippen LogP contribution in [0.15, 0.2) is 36.8 Å². The van der Waals surface area contributed by atoms with E-state index in [0.29, 0.717) is 13.0 Å². The maximum absolute atomic E-state index is 12.2. The third kappa shape index (κ3) is 4.25. The molecular formula is C15H17N5O3S. The van der Waals surface area contributed by atoms with E-state index < -0.39 is 9.84 Å². The molecule has 2 N–H and O–H groups in total. The quantitative estimate of drug-likeness (QED) is 0.804. The molecule has 2 aromatic heterocycles. The minimum absolute atomic E-state index is 0.0643. The molecule has 0 aliphatic carbocycles. The molecule has 8 nitrogen and oxygen atoms in total. The smallest absolute Gasteiger partial charge is 0.270 e. The Balaban J connectivity index is 1.61. The molecule has 1 fully saturated rings. The van der Waals surface area contributed by atoms with E-state index in [9.17, 15) is 13.2 Å². The summed E-state index contributed by atoms with van der Waals surface area (Å²) in [5, 5.41) is 5.74. The van der Waals surface area contributed by atoms with Gasteiger partial charge in [0.05, 0.1) is 11.5 Å². The van der Waals surface area contributed by atoms with E-state index in [1.54, 1.807) is 12.4 Å². The first kappa shape index (κ1) is 16.3. The van der Waals surface area contributed by atoms with Crippen molar-refractivity contribution in [3.05, 3.63) is 48.0 Å². The lowest BCUT2D eigenvalue weighted by Crippen LogP contribution is -2.26. The van der Waals surface area contributed by atoms with Crippen molar-refractivity contribution in [2.24, 2.45) is 0 Å². The van der Waals surface area contributed by atoms with Crippen LogP contribution in [0.1, 0.15) is 22.5 Å². The molecule has 24 heavy (non-hydrogen) atoms. The van der Waals surface area contributed by atoms with E-state index in [-0.39, 0.29) is 35.1 Å². The van der Waals surface area contributed by atoms with Crippen molar-refractivity contribution in [2.75, 3.05) is 16.8 Å².